The average Bonchev–Trinajstić information content (AvgIpc) is 2.88. The molecule has 0 aliphatic carbocycles. The standard InChI is InChI=1S/C26H27N3O3S/c30-26(27-29(24-12-6-2-7-13-24)25-14-8-3-9-15-25)23-16-19-28(20-17-23)33(31,32)21-18-22-10-4-1-5-11-22/h1-15,18,21,23H,16-17,19-20H2,(H,27,30)/b21-18+. The van der Waals surface area contributed by atoms with Gasteiger partial charge >= 0.3 is 0 Å². The van der Waals surface area contributed by atoms with E-state index in [4.69, 9.17) is 0 Å². The zero-order valence-corrected chi connectivity index (χ0v) is 19.1. The summed E-state index contributed by atoms with van der Waals surface area (Å²) in [5.41, 5.74) is 5.56. The number of nitrogens with one attached hydrogen (secondary N) is 1. The van der Waals surface area contributed by atoms with Gasteiger partial charge < -0.3 is 0 Å². The molecule has 1 amide bonds. The molecule has 1 heterocycles. The van der Waals surface area contributed by atoms with Gasteiger partial charge in [-0.15, -0.1) is 0 Å². The summed E-state index contributed by atoms with van der Waals surface area (Å²) in [7, 11) is -3.53. The summed E-state index contributed by atoms with van der Waals surface area (Å²) in [5, 5.41) is 3.02. The quantitative estimate of drug-likeness (QED) is 0.524. The van der Waals surface area contributed by atoms with E-state index in [1.165, 1.54) is 9.71 Å². The van der Waals surface area contributed by atoms with Gasteiger partial charge in [0.2, 0.25) is 15.9 Å². The Labute approximate surface area is 195 Å². The van der Waals surface area contributed by atoms with Crippen LogP contribution in [0.5, 0.6) is 0 Å². The van der Waals surface area contributed by atoms with Gasteiger partial charge in [0.1, 0.15) is 0 Å². The summed E-state index contributed by atoms with van der Waals surface area (Å²) in [6, 6.07) is 28.6. The Bertz CT molecular complexity index is 1140. The summed E-state index contributed by atoms with van der Waals surface area (Å²) in [6.45, 7) is 0.631. The fraction of sp³-hybridized carbons (Fsp3) is 0.192. The lowest BCUT2D eigenvalue weighted by molar-refractivity contribution is -0.126. The zero-order valence-electron chi connectivity index (χ0n) is 18.2. The number of benzene rings is 3. The van der Waals surface area contributed by atoms with Crippen LogP contribution < -0.4 is 10.4 Å². The van der Waals surface area contributed by atoms with Gasteiger partial charge in [0.25, 0.3) is 0 Å². The van der Waals surface area contributed by atoms with Crippen LogP contribution in [0, 0.1) is 5.92 Å². The van der Waals surface area contributed by atoms with E-state index in [2.05, 4.69) is 5.43 Å². The first-order valence-electron chi connectivity index (χ1n) is 11.0. The van der Waals surface area contributed by atoms with Crippen molar-refractivity contribution in [1.82, 2.24) is 9.73 Å². The Balaban J connectivity index is 1.40. The number of piperidine rings is 1. The monoisotopic (exact) mass is 461 g/mol. The molecule has 0 atom stereocenters. The van der Waals surface area contributed by atoms with Gasteiger partial charge in [-0.1, -0.05) is 66.7 Å². The topological polar surface area (TPSA) is 69.7 Å². The second-order valence-electron chi connectivity index (χ2n) is 7.91. The number of hydrogen-bond acceptors (Lipinski definition) is 4. The zero-order chi connectivity index (χ0) is 23.1. The van der Waals surface area contributed by atoms with Gasteiger partial charge in [0, 0.05) is 24.4 Å². The normalized spacial score (nSPS) is 15.4. The number of carbonyl (C=O) groups excluding carboxylic acids is 1. The summed E-state index contributed by atoms with van der Waals surface area (Å²) in [6.07, 6.45) is 2.55. The van der Waals surface area contributed by atoms with Gasteiger partial charge in [0.05, 0.1) is 11.4 Å². The van der Waals surface area contributed by atoms with Crippen molar-refractivity contribution >= 4 is 33.4 Å². The molecule has 1 saturated heterocycles. The number of amides is 1. The smallest absolute Gasteiger partial charge is 0.242 e. The van der Waals surface area contributed by atoms with E-state index in [-0.39, 0.29) is 11.8 Å². The van der Waals surface area contributed by atoms with Crippen molar-refractivity contribution < 1.29 is 13.2 Å². The largest absolute Gasteiger partial charge is 0.273 e. The lowest BCUT2D eigenvalue weighted by atomic mass is 9.97. The van der Waals surface area contributed by atoms with Crippen molar-refractivity contribution in [2.45, 2.75) is 12.8 Å². The van der Waals surface area contributed by atoms with Gasteiger partial charge in [-0.05, 0) is 48.7 Å². The number of sulfonamides is 1. The highest BCUT2D eigenvalue weighted by atomic mass is 32.2. The van der Waals surface area contributed by atoms with Crippen molar-refractivity contribution in [3.8, 4) is 0 Å². The third kappa shape index (κ3) is 5.88. The molecule has 3 aromatic rings. The van der Waals surface area contributed by atoms with E-state index in [1.54, 1.807) is 11.1 Å². The second-order valence-corrected chi connectivity index (χ2v) is 9.73. The van der Waals surface area contributed by atoms with E-state index in [0.29, 0.717) is 25.9 Å². The minimum absolute atomic E-state index is 0.111. The average molecular weight is 462 g/mol. The summed E-state index contributed by atoms with van der Waals surface area (Å²) >= 11 is 0. The van der Waals surface area contributed by atoms with E-state index in [0.717, 1.165) is 16.9 Å². The van der Waals surface area contributed by atoms with Gasteiger partial charge in [-0.3, -0.25) is 15.2 Å². The maximum atomic E-state index is 13.1. The highest BCUT2D eigenvalue weighted by Gasteiger charge is 2.30. The molecule has 170 valence electrons. The van der Waals surface area contributed by atoms with Crippen LogP contribution in [0.1, 0.15) is 18.4 Å². The van der Waals surface area contributed by atoms with Crippen molar-refractivity contribution in [3.63, 3.8) is 0 Å². The number of rotatable bonds is 7. The Morgan fingerprint density at radius 1 is 0.818 bits per heavy atom. The molecular weight excluding hydrogens is 434 g/mol. The number of hydrazine groups is 1. The van der Waals surface area contributed by atoms with E-state index < -0.39 is 10.0 Å². The first-order chi connectivity index (χ1) is 16.0. The fourth-order valence-electron chi connectivity index (χ4n) is 3.82. The first kappa shape index (κ1) is 22.8. The second kappa shape index (κ2) is 10.5. The molecule has 0 spiro atoms. The third-order valence-corrected chi connectivity index (χ3v) is 7.23. The van der Waals surface area contributed by atoms with Crippen LogP contribution in [0.15, 0.2) is 96.4 Å². The lowest BCUT2D eigenvalue weighted by Crippen LogP contribution is -2.46. The molecule has 4 rings (SSSR count). The van der Waals surface area contributed by atoms with E-state index >= 15 is 0 Å². The van der Waals surface area contributed by atoms with Gasteiger partial charge in [0.15, 0.2) is 0 Å². The van der Waals surface area contributed by atoms with Crippen LogP contribution in [0.4, 0.5) is 11.4 Å². The summed E-state index contributed by atoms with van der Waals surface area (Å²) in [4.78, 5) is 13.1. The molecule has 1 aliphatic rings. The molecule has 1 N–H and O–H groups in total. The van der Waals surface area contributed by atoms with Crippen molar-refractivity contribution in [2.75, 3.05) is 18.1 Å². The Kier molecular flexibility index (Phi) is 7.22. The molecule has 0 aromatic heterocycles. The van der Waals surface area contributed by atoms with E-state index in [9.17, 15) is 13.2 Å². The Morgan fingerprint density at radius 2 is 1.30 bits per heavy atom. The number of carbonyl (C=O) groups is 1. The number of hydrogen-bond donors (Lipinski definition) is 1. The number of nitrogens with zero attached hydrogens (tertiary/aromatic N) is 2. The van der Waals surface area contributed by atoms with Crippen LogP contribution in [0.3, 0.4) is 0 Å². The molecule has 0 bridgehead atoms. The minimum Gasteiger partial charge on any atom is -0.273 e. The first-order valence-corrected chi connectivity index (χ1v) is 12.5. The fourth-order valence-corrected chi connectivity index (χ4v) is 5.04. The Morgan fingerprint density at radius 3 is 1.82 bits per heavy atom. The van der Waals surface area contributed by atoms with Crippen LogP contribution in [-0.4, -0.2) is 31.7 Å². The number of anilines is 2. The maximum absolute atomic E-state index is 13.1. The molecule has 1 fully saturated rings. The SMILES string of the molecule is O=C(NN(c1ccccc1)c1ccccc1)C1CCN(S(=O)(=O)/C=C/c2ccccc2)CC1. The van der Waals surface area contributed by atoms with Crippen molar-refractivity contribution in [2.24, 2.45) is 5.92 Å². The van der Waals surface area contributed by atoms with Crippen molar-refractivity contribution in [1.29, 1.82) is 0 Å². The molecule has 0 saturated carbocycles. The molecule has 0 unspecified atom stereocenters. The molecule has 6 nitrogen and oxygen atoms in total. The lowest BCUT2D eigenvalue weighted by Gasteiger charge is -2.32. The minimum atomic E-state index is -3.53. The maximum Gasteiger partial charge on any atom is 0.242 e. The van der Waals surface area contributed by atoms with Gasteiger partial charge in [-0.25, -0.2) is 8.42 Å². The number of para-hydroxylation sites is 2. The Hall–Kier alpha value is -3.42. The van der Waals surface area contributed by atoms with Gasteiger partial charge in [-0.2, -0.15) is 4.31 Å². The highest BCUT2D eigenvalue weighted by Crippen LogP contribution is 2.25. The molecule has 7 heteroatoms. The third-order valence-electron chi connectivity index (χ3n) is 5.67. The van der Waals surface area contributed by atoms with Crippen LogP contribution in [-0.2, 0) is 14.8 Å². The molecule has 33 heavy (non-hydrogen) atoms. The van der Waals surface area contributed by atoms with Crippen LogP contribution in [0.2, 0.25) is 0 Å². The van der Waals surface area contributed by atoms with E-state index in [1.807, 2.05) is 91.0 Å². The summed E-state index contributed by atoms with van der Waals surface area (Å²) in [5.74, 6) is -0.371. The van der Waals surface area contributed by atoms with Crippen molar-refractivity contribution in [3.05, 3.63) is 102 Å². The highest BCUT2D eigenvalue weighted by molar-refractivity contribution is 7.92. The molecule has 3 aromatic carbocycles. The van der Waals surface area contributed by atoms with Crippen LogP contribution >= 0.6 is 0 Å². The predicted molar refractivity (Wildman–Crippen MR) is 132 cm³/mol. The molecular formula is C26H27N3O3S. The van der Waals surface area contributed by atoms with Crippen LogP contribution in [0.25, 0.3) is 6.08 Å². The molecule has 1 aliphatic heterocycles. The predicted octanol–water partition coefficient (Wildman–Crippen LogP) is 4.57. The molecule has 0 radical (unpaired) electrons. The summed E-state index contributed by atoms with van der Waals surface area (Å²) < 4.78 is 26.9.